The fourth-order valence-corrected chi connectivity index (χ4v) is 2.03. The molecule has 0 unspecified atom stereocenters. The summed E-state index contributed by atoms with van der Waals surface area (Å²) in [6, 6.07) is 8.22. The molecule has 0 fully saturated rings. The number of nitrogens with zero attached hydrogens (tertiary/aromatic N) is 2. The van der Waals surface area contributed by atoms with E-state index in [1.54, 1.807) is 7.11 Å². The van der Waals surface area contributed by atoms with E-state index in [1.807, 2.05) is 26.0 Å². The molecule has 0 amide bonds. The first-order valence-corrected chi connectivity index (χ1v) is 6.13. The lowest BCUT2D eigenvalue weighted by atomic mass is 10.0. The summed E-state index contributed by atoms with van der Waals surface area (Å²) in [6.45, 7) is 6.03. The van der Waals surface area contributed by atoms with E-state index in [0.717, 1.165) is 34.9 Å². The molecule has 0 bridgehead atoms. The molecule has 0 N–H and O–H groups in total. The van der Waals surface area contributed by atoms with Crippen LogP contribution in [0.3, 0.4) is 0 Å². The first-order chi connectivity index (χ1) is 8.63. The third kappa shape index (κ3) is 2.50. The largest absolute Gasteiger partial charge is 0.496 e. The maximum Gasteiger partial charge on any atom is 0.128 e. The number of methoxy groups -OCH3 is 1. The highest BCUT2D eigenvalue weighted by Gasteiger charge is 2.09. The van der Waals surface area contributed by atoms with Gasteiger partial charge in [0, 0.05) is 11.3 Å². The maximum atomic E-state index is 5.42. The van der Waals surface area contributed by atoms with Gasteiger partial charge in [-0.3, -0.25) is 0 Å². The van der Waals surface area contributed by atoms with Crippen LogP contribution in [-0.4, -0.2) is 17.1 Å². The zero-order chi connectivity index (χ0) is 13.1. The van der Waals surface area contributed by atoms with Crippen molar-refractivity contribution in [2.75, 3.05) is 7.11 Å². The van der Waals surface area contributed by atoms with Crippen molar-refractivity contribution in [2.24, 2.45) is 0 Å². The second kappa shape index (κ2) is 5.17. The lowest BCUT2D eigenvalue weighted by molar-refractivity contribution is 0.416. The molecule has 94 valence electrons. The molecular weight excluding hydrogens is 224 g/mol. The van der Waals surface area contributed by atoms with E-state index < -0.39 is 0 Å². The fraction of sp³-hybridized carbons (Fsp3) is 0.333. The van der Waals surface area contributed by atoms with Crippen LogP contribution in [0.2, 0.25) is 0 Å². The molecule has 0 radical (unpaired) electrons. The van der Waals surface area contributed by atoms with Crippen molar-refractivity contribution in [3.8, 4) is 17.0 Å². The predicted molar refractivity (Wildman–Crippen MR) is 72.9 cm³/mol. The third-order valence-corrected chi connectivity index (χ3v) is 2.91. The molecule has 0 saturated carbocycles. The van der Waals surface area contributed by atoms with Crippen LogP contribution in [-0.2, 0) is 6.42 Å². The summed E-state index contributed by atoms with van der Waals surface area (Å²) in [5.74, 6) is 1.64. The van der Waals surface area contributed by atoms with Crippen molar-refractivity contribution in [3.63, 3.8) is 0 Å². The molecule has 3 heteroatoms. The van der Waals surface area contributed by atoms with Gasteiger partial charge in [-0.05, 0) is 44.0 Å². The Kier molecular flexibility index (Phi) is 3.60. The van der Waals surface area contributed by atoms with E-state index in [2.05, 4.69) is 29.0 Å². The summed E-state index contributed by atoms with van der Waals surface area (Å²) in [5, 5.41) is 0. The van der Waals surface area contributed by atoms with Crippen LogP contribution in [0.5, 0.6) is 5.75 Å². The van der Waals surface area contributed by atoms with Gasteiger partial charge in [-0.1, -0.05) is 13.0 Å². The van der Waals surface area contributed by atoms with Crippen LogP contribution in [0.4, 0.5) is 0 Å². The monoisotopic (exact) mass is 242 g/mol. The number of rotatable bonds is 3. The van der Waals surface area contributed by atoms with Gasteiger partial charge in [0.2, 0.25) is 0 Å². The van der Waals surface area contributed by atoms with Crippen LogP contribution in [0.1, 0.15) is 24.0 Å². The van der Waals surface area contributed by atoms with Crippen molar-refractivity contribution in [2.45, 2.75) is 27.2 Å². The molecule has 0 aliphatic heterocycles. The second-order valence-corrected chi connectivity index (χ2v) is 4.33. The summed E-state index contributed by atoms with van der Waals surface area (Å²) < 4.78 is 5.42. The van der Waals surface area contributed by atoms with Crippen LogP contribution in [0, 0.1) is 13.8 Å². The summed E-state index contributed by atoms with van der Waals surface area (Å²) in [4.78, 5) is 8.80. The van der Waals surface area contributed by atoms with Crippen molar-refractivity contribution >= 4 is 0 Å². The highest BCUT2D eigenvalue weighted by molar-refractivity contribution is 5.68. The van der Waals surface area contributed by atoms with E-state index in [1.165, 1.54) is 5.56 Å². The van der Waals surface area contributed by atoms with E-state index in [4.69, 9.17) is 4.74 Å². The van der Waals surface area contributed by atoms with E-state index in [9.17, 15) is 0 Å². The number of ether oxygens (including phenoxy) is 1. The van der Waals surface area contributed by atoms with Gasteiger partial charge in [-0.2, -0.15) is 0 Å². The van der Waals surface area contributed by atoms with E-state index >= 15 is 0 Å². The number of hydrogen-bond acceptors (Lipinski definition) is 3. The quantitative estimate of drug-likeness (QED) is 0.828. The Bertz CT molecular complexity index is 544. The first-order valence-electron chi connectivity index (χ1n) is 6.13. The minimum absolute atomic E-state index is 0.786. The lowest BCUT2D eigenvalue weighted by Gasteiger charge is -2.10. The topological polar surface area (TPSA) is 35.0 Å². The van der Waals surface area contributed by atoms with Gasteiger partial charge in [-0.25, -0.2) is 9.97 Å². The van der Waals surface area contributed by atoms with Gasteiger partial charge >= 0.3 is 0 Å². The minimum atomic E-state index is 0.786. The van der Waals surface area contributed by atoms with Crippen LogP contribution < -0.4 is 4.74 Å². The Morgan fingerprint density at radius 2 is 1.89 bits per heavy atom. The second-order valence-electron chi connectivity index (χ2n) is 4.33. The zero-order valence-corrected chi connectivity index (χ0v) is 11.3. The lowest BCUT2D eigenvalue weighted by Crippen LogP contribution is -1.96. The number of aryl methyl sites for hydroxylation is 3. The van der Waals surface area contributed by atoms with Gasteiger partial charge < -0.3 is 4.74 Å². The molecular formula is C15H18N2O. The van der Waals surface area contributed by atoms with Crippen molar-refractivity contribution in [1.82, 2.24) is 9.97 Å². The smallest absolute Gasteiger partial charge is 0.128 e. The van der Waals surface area contributed by atoms with E-state index in [0.29, 0.717) is 0 Å². The molecule has 0 spiro atoms. The third-order valence-electron chi connectivity index (χ3n) is 2.91. The normalized spacial score (nSPS) is 10.4. The van der Waals surface area contributed by atoms with Gasteiger partial charge in [0.15, 0.2) is 0 Å². The average molecular weight is 242 g/mol. The molecule has 1 aromatic heterocycles. The number of aromatic nitrogens is 2. The SMILES string of the molecule is CCc1ccc(OC)c(-c2cc(C)nc(C)n2)c1. The van der Waals surface area contributed by atoms with Crippen molar-refractivity contribution in [1.29, 1.82) is 0 Å². The maximum absolute atomic E-state index is 5.42. The van der Waals surface area contributed by atoms with Gasteiger partial charge in [-0.15, -0.1) is 0 Å². The van der Waals surface area contributed by atoms with Crippen LogP contribution >= 0.6 is 0 Å². The molecule has 0 saturated heterocycles. The molecule has 18 heavy (non-hydrogen) atoms. The Morgan fingerprint density at radius 3 is 2.50 bits per heavy atom. The Balaban J connectivity index is 2.60. The Hall–Kier alpha value is -1.90. The Morgan fingerprint density at radius 1 is 1.11 bits per heavy atom. The molecule has 0 aliphatic carbocycles. The van der Waals surface area contributed by atoms with Gasteiger partial charge in [0.05, 0.1) is 12.8 Å². The van der Waals surface area contributed by atoms with Gasteiger partial charge in [0.25, 0.3) is 0 Å². The molecule has 1 heterocycles. The van der Waals surface area contributed by atoms with E-state index in [-0.39, 0.29) is 0 Å². The molecule has 1 aromatic carbocycles. The summed E-state index contributed by atoms with van der Waals surface area (Å²) in [7, 11) is 1.69. The summed E-state index contributed by atoms with van der Waals surface area (Å²) >= 11 is 0. The predicted octanol–water partition coefficient (Wildman–Crippen LogP) is 3.33. The first kappa shape index (κ1) is 12.6. The highest BCUT2D eigenvalue weighted by atomic mass is 16.5. The molecule has 0 aliphatic rings. The standard InChI is InChI=1S/C15H18N2O/c1-5-12-6-7-15(18-4)13(9-12)14-8-10(2)16-11(3)17-14/h6-9H,5H2,1-4H3. The summed E-state index contributed by atoms with van der Waals surface area (Å²) in [5.41, 5.74) is 4.21. The molecule has 3 nitrogen and oxygen atoms in total. The summed E-state index contributed by atoms with van der Waals surface area (Å²) in [6.07, 6.45) is 1.00. The Labute approximate surface area is 108 Å². The number of hydrogen-bond donors (Lipinski definition) is 0. The average Bonchev–Trinajstić information content (AvgIpc) is 2.36. The van der Waals surface area contributed by atoms with Crippen LogP contribution in [0.25, 0.3) is 11.3 Å². The zero-order valence-electron chi connectivity index (χ0n) is 11.3. The minimum Gasteiger partial charge on any atom is -0.496 e. The van der Waals surface area contributed by atoms with Gasteiger partial charge in [0.1, 0.15) is 11.6 Å². The highest BCUT2D eigenvalue weighted by Crippen LogP contribution is 2.30. The van der Waals surface area contributed by atoms with Crippen LogP contribution in [0.15, 0.2) is 24.3 Å². The fourth-order valence-electron chi connectivity index (χ4n) is 2.03. The molecule has 2 rings (SSSR count). The molecule has 0 atom stereocenters. The van der Waals surface area contributed by atoms with Crippen molar-refractivity contribution < 1.29 is 4.74 Å². The van der Waals surface area contributed by atoms with Crippen molar-refractivity contribution in [3.05, 3.63) is 41.3 Å². The molecule has 2 aromatic rings. The number of benzene rings is 1.